The number of rotatable bonds is 0. The molecule has 12 heavy (non-hydrogen) atoms. The van der Waals surface area contributed by atoms with Crippen LogP contribution in [0.15, 0.2) is 11.0 Å². The van der Waals surface area contributed by atoms with E-state index in [4.69, 9.17) is 10.8 Å². The topological polar surface area (TPSA) is 98.2 Å². The Kier molecular flexibility index (Phi) is 1.78. The first kappa shape index (κ1) is 8.18. The summed E-state index contributed by atoms with van der Waals surface area (Å²) in [4.78, 5) is 23.9. The van der Waals surface area contributed by atoms with Crippen LogP contribution in [0.1, 0.15) is 0 Å². The Balaban J connectivity index is 3.54. The number of anilines is 1. The molecule has 7 heteroatoms. The highest BCUT2D eigenvalue weighted by Gasteiger charge is 2.12. The summed E-state index contributed by atoms with van der Waals surface area (Å²) in [6, 6.07) is 0. The Morgan fingerprint density at radius 3 is 2.75 bits per heavy atom. The third-order valence-corrected chi connectivity index (χ3v) is 1.16. The third kappa shape index (κ3) is 1.11. The van der Waals surface area contributed by atoms with Crippen LogP contribution < -0.4 is 11.4 Å². The zero-order valence-electron chi connectivity index (χ0n) is 5.69. The minimum Gasteiger partial charge on any atom is -0.464 e. The quantitative estimate of drug-likeness (QED) is 0.550. The first-order valence-corrected chi connectivity index (χ1v) is 2.80. The van der Waals surface area contributed by atoms with Crippen LogP contribution in [-0.2, 0) is 0 Å². The van der Waals surface area contributed by atoms with E-state index in [1.807, 2.05) is 0 Å². The summed E-state index contributed by atoms with van der Waals surface area (Å²) in [6.45, 7) is 0. The molecule has 0 unspecified atom stereocenters. The van der Waals surface area contributed by atoms with Crippen LogP contribution in [0.5, 0.6) is 0 Å². The minimum absolute atomic E-state index is 0.0231. The average molecular weight is 173 g/mol. The second kappa shape index (κ2) is 2.61. The lowest BCUT2D eigenvalue weighted by Gasteiger charge is -2.01. The van der Waals surface area contributed by atoms with Gasteiger partial charge in [0.1, 0.15) is 0 Å². The van der Waals surface area contributed by atoms with E-state index in [0.717, 1.165) is 0 Å². The number of carboxylic acid groups (broad SMARTS) is 1. The molecule has 1 aromatic rings. The van der Waals surface area contributed by atoms with E-state index in [1.54, 1.807) is 0 Å². The predicted molar refractivity (Wildman–Crippen MR) is 36.3 cm³/mol. The van der Waals surface area contributed by atoms with Gasteiger partial charge in [0.25, 0.3) is 0 Å². The van der Waals surface area contributed by atoms with Crippen LogP contribution in [-0.4, -0.2) is 20.8 Å². The number of aromatic nitrogens is 2. The molecule has 3 N–H and O–H groups in total. The highest BCUT2D eigenvalue weighted by atomic mass is 19.1. The zero-order valence-corrected chi connectivity index (χ0v) is 5.69. The second-order valence-electron chi connectivity index (χ2n) is 1.89. The first-order valence-electron chi connectivity index (χ1n) is 2.80. The molecule has 0 aromatic carbocycles. The van der Waals surface area contributed by atoms with Crippen LogP contribution in [0.4, 0.5) is 15.0 Å². The number of hydrogen-bond donors (Lipinski definition) is 2. The zero-order chi connectivity index (χ0) is 9.30. The summed E-state index contributed by atoms with van der Waals surface area (Å²) < 4.78 is 12.5. The largest absolute Gasteiger partial charge is 0.464 e. The molecule has 1 heterocycles. The van der Waals surface area contributed by atoms with Crippen molar-refractivity contribution in [1.29, 1.82) is 0 Å². The Hall–Kier alpha value is -1.92. The Bertz CT molecular complexity index is 386. The van der Waals surface area contributed by atoms with Crippen molar-refractivity contribution >= 4 is 11.9 Å². The van der Waals surface area contributed by atoms with Gasteiger partial charge in [-0.2, -0.15) is 9.55 Å². The number of hydrogen-bond acceptors (Lipinski definition) is 4. The Morgan fingerprint density at radius 1 is 1.75 bits per heavy atom. The highest BCUT2D eigenvalue weighted by molar-refractivity contribution is 5.71. The molecule has 0 bridgehead atoms. The van der Waals surface area contributed by atoms with Crippen LogP contribution in [0.25, 0.3) is 0 Å². The van der Waals surface area contributed by atoms with Crippen molar-refractivity contribution in [1.82, 2.24) is 9.55 Å². The molecule has 0 aliphatic carbocycles. The Labute approximate surface area is 65.1 Å². The van der Waals surface area contributed by atoms with E-state index in [-0.39, 0.29) is 4.57 Å². The molecule has 0 saturated heterocycles. The fourth-order valence-corrected chi connectivity index (χ4v) is 0.630. The van der Waals surface area contributed by atoms with Crippen LogP contribution in [0, 0.1) is 5.82 Å². The van der Waals surface area contributed by atoms with Crippen molar-refractivity contribution in [2.45, 2.75) is 0 Å². The summed E-state index contributed by atoms with van der Waals surface area (Å²) >= 11 is 0. The monoisotopic (exact) mass is 173 g/mol. The van der Waals surface area contributed by atoms with Gasteiger partial charge in [-0.15, -0.1) is 0 Å². The maximum absolute atomic E-state index is 12.5. The molecule has 0 aliphatic rings. The highest BCUT2D eigenvalue weighted by Crippen LogP contribution is 2.02. The van der Waals surface area contributed by atoms with E-state index < -0.39 is 23.4 Å². The van der Waals surface area contributed by atoms with Crippen molar-refractivity contribution in [3.05, 3.63) is 22.5 Å². The smallest absolute Gasteiger partial charge is 0.421 e. The summed E-state index contributed by atoms with van der Waals surface area (Å²) in [6.07, 6.45) is -1.10. The van der Waals surface area contributed by atoms with Crippen molar-refractivity contribution in [3.63, 3.8) is 0 Å². The number of nitrogens with two attached hydrogens (primary N) is 1. The second-order valence-corrected chi connectivity index (χ2v) is 1.89. The maximum Gasteiger partial charge on any atom is 0.421 e. The van der Waals surface area contributed by atoms with Gasteiger partial charge in [-0.1, -0.05) is 0 Å². The van der Waals surface area contributed by atoms with Gasteiger partial charge in [0.05, 0.1) is 6.20 Å². The van der Waals surface area contributed by atoms with Crippen molar-refractivity contribution in [3.8, 4) is 0 Å². The fraction of sp³-hybridized carbons (Fsp3) is 0. The molecule has 0 radical (unpaired) electrons. The number of carbonyl (C=O) groups is 1. The molecule has 6 nitrogen and oxygen atoms in total. The lowest BCUT2D eigenvalue weighted by atomic mass is 10.5. The van der Waals surface area contributed by atoms with Crippen molar-refractivity contribution in [2.24, 2.45) is 0 Å². The normalized spacial score (nSPS) is 9.75. The molecule has 64 valence electrons. The number of halogens is 1. The molecular formula is C5H4FN3O3. The van der Waals surface area contributed by atoms with E-state index in [1.165, 1.54) is 0 Å². The van der Waals surface area contributed by atoms with E-state index >= 15 is 0 Å². The van der Waals surface area contributed by atoms with Gasteiger partial charge >= 0.3 is 11.8 Å². The average Bonchev–Trinajstić information content (AvgIpc) is 1.97. The summed E-state index contributed by atoms with van der Waals surface area (Å²) in [7, 11) is 0. The van der Waals surface area contributed by atoms with Gasteiger partial charge in [-0.05, 0) is 0 Å². The number of nitrogen functional groups attached to an aromatic ring is 1. The maximum atomic E-state index is 12.5. The van der Waals surface area contributed by atoms with Crippen molar-refractivity contribution in [2.75, 3.05) is 5.73 Å². The summed E-state index contributed by atoms with van der Waals surface area (Å²) in [5.41, 5.74) is 3.83. The standard InChI is InChI=1S/C5H4FN3O3/c6-2-1-8-4(10)9(3(2)7)5(11)12/h1H,7H2,(H,11,12). The summed E-state index contributed by atoms with van der Waals surface area (Å²) in [5, 5.41) is 8.35. The van der Waals surface area contributed by atoms with Gasteiger partial charge in [0, 0.05) is 0 Å². The fourth-order valence-electron chi connectivity index (χ4n) is 0.630. The van der Waals surface area contributed by atoms with Crippen LogP contribution >= 0.6 is 0 Å². The molecule has 0 saturated carbocycles. The van der Waals surface area contributed by atoms with E-state index in [9.17, 15) is 14.0 Å². The molecule has 0 atom stereocenters. The minimum atomic E-state index is -1.66. The predicted octanol–water partition coefficient (Wildman–Crippen LogP) is -0.509. The first-order chi connectivity index (χ1) is 5.54. The van der Waals surface area contributed by atoms with Gasteiger partial charge < -0.3 is 10.8 Å². The molecule has 0 amide bonds. The number of nitrogens with zero attached hydrogens (tertiary/aromatic N) is 2. The lowest BCUT2D eigenvalue weighted by Crippen LogP contribution is -2.30. The summed E-state index contributed by atoms with van der Waals surface area (Å²) in [5.74, 6) is -1.81. The molecule has 1 aromatic heterocycles. The van der Waals surface area contributed by atoms with Crippen LogP contribution in [0.2, 0.25) is 0 Å². The molecule has 0 aliphatic heterocycles. The molecular weight excluding hydrogens is 169 g/mol. The van der Waals surface area contributed by atoms with Gasteiger partial charge in [0.15, 0.2) is 11.6 Å². The van der Waals surface area contributed by atoms with E-state index in [0.29, 0.717) is 6.20 Å². The van der Waals surface area contributed by atoms with Crippen molar-refractivity contribution < 1.29 is 14.3 Å². The molecule has 0 spiro atoms. The Morgan fingerprint density at radius 2 is 2.33 bits per heavy atom. The molecule has 1 rings (SSSR count). The molecule has 0 fully saturated rings. The lowest BCUT2D eigenvalue weighted by molar-refractivity contribution is 0.195. The van der Waals surface area contributed by atoms with Gasteiger partial charge in [-0.3, -0.25) is 0 Å². The van der Waals surface area contributed by atoms with Crippen LogP contribution in [0.3, 0.4) is 0 Å². The third-order valence-electron chi connectivity index (χ3n) is 1.16. The SMILES string of the molecule is Nc1c(F)cnc(=O)n1C(=O)O. The van der Waals surface area contributed by atoms with E-state index in [2.05, 4.69) is 4.98 Å². The van der Waals surface area contributed by atoms with Gasteiger partial charge in [0.2, 0.25) is 0 Å². The van der Waals surface area contributed by atoms with Gasteiger partial charge in [-0.25, -0.2) is 14.0 Å².